The van der Waals surface area contributed by atoms with Gasteiger partial charge in [-0.25, -0.2) is 14.3 Å². The van der Waals surface area contributed by atoms with Gasteiger partial charge in [0.15, 0.2) is 5.65 Å². The first kappa shape index (κ1) is 19.4. The lowest BCUT2D eigenvalue weighted by atomic mass is 10.1. The fourth-order valence-corrected chi connectivity index (χ4v) is 3.14. The Morgan fingerprint density at radius 1 is 1.13 bits per heavy atom. The molecule has 0 atom stereocenters. The lowest BCUT2D eigenvalue weighted by Crippen LogP contribution is -2.27. The summed E-state index contributed by atoms with van der Waals surface area (Å²) in [6, 6.07) is 7.13. The smallest absolute Gasteiger partial charge is 0.420 e. The third-order valence-corrected chi connectivity index (χ3v) is 4.28. The minimum absolute atomic E-state index is 0.0300. The average Bonchev–Trinajstić information content (AvgIpc) is 3.00. The van der Waals surface area contributed by atoms with Gasteiger partial charge in [0.1, 0.15) is 5.60 Å². The SMILES string of the molecule is CC(C)(C)OC(=O)n1c2ccncc2c2ccc(-c3ccc(F)nc3[N+](=O)[O-])nc21. The highest BCUT2D eigenvalue weighted by Gasteiger charge is 2.25. The van der Waals surface area contributed by atoms with Gasteiger partial charge in [-0.15, -0.1) is 0 Å². The molecular weight excluding hydrogens is 393 g/mol. The van der Waals surface area contributed by atoms with Gasteiger partial charge in [0.25, 0.3) is 0 Å². The van der Waals surface area contributed by atoms with Gasteiger partial charge >= 0.3 is 17.9 Å². The number of rotatable bonds is 2. The number of hydrogen-bond acceptors (Lipinski definition) is 7. The second-order valence-corrected chi connectivity index (χ2v) is 7.54. The Morgan fingerprint density at radius 3 is 2.60 bits per heavy atom. The maximum Gasteiger partial charge on any atom is 0.420 e. The van der Waals surface area contributed by atoms with E-state index in [4.69, 9.17) is 4.74 Å². The molecule has 30 heavy (non-hydrogen) atoms. The molecule has 0 saturated heterocycles. The molecule has 0 amide bonds. The average molecular weight is 409 g/mol. The molecule has 4 aromatic heterocycles. The van der Waals surface area contributed by atoms with Crippen molar-refractivity contribution in [2.75, 3.05) is 0 Å². The molecule has 4 aromatic rings. The summed E-state index contributed by atoms with van der Waals surface area (Å²) in [6.45, 7) is 5.23. The molecule has 0 aliphatic carbocycles. The van der Waals surface area contributed by atoms with Crippen molar-refractivity contribution in [2.45, 2.75) is 26.4 Å². The van der Waals surface area contributed by atoms with Crippen LogP contribution in [0.4, 0.5) is 15.0 Å². The van der Waals surface area contributed by atoms with Crippen LogP contribution in [0.15, 0.2) is 42.7 Å². The van der Waals surface area contributed by atoms with Crippen molar-refractivity contribution >= 4 is 33.8 Å². The predicted molar refractivity (Wildman–Crippen MR) is 107 cm³/mol. The summed E-state index contributed by atoms with van der Waals surface area (Å²) in [7, 11) is 0. The number of fused-ring (bicyclic) bond motifs is 3. The molecule has 0 aliphatic heterocycles. The molecule has 0 bridgehead atoms. The van der Waals surface area contributed by atoms with Gasteiger partial charge in [-0.05, 0) is 54.9 Å². The van der Waals surface area contributed by atoms with Gasteiger partial charge in [-0.2, -0.15) is 4.39 Å². The summed E-state index contributed by atoms with van der Waals surface area (Å²) in [5.74, 6) is -1.64. The van der Waals surface area contributed by atoms with Crippen LogP contribution in [0.1, 0.15) is 20.8 Å². The van der Waals surface area contributed by atoms with Crippen molar-refractivity contribution in [3.8, 4) is 11.3 Å². The summed E-state index contributed by atoms with van der Waals surface area (Å²) in [5.41, 5.74) is 0.225. The molecule has 152 valence electrons. The van der Waals surface area contributed by atoms with E-state index in [1.54, 1.807) is 45.2 Å². The molecule has 4 heterocycles. The first-order chi connectivity index (χ1) is 14.2. The fourth-order valence-electron chi connectivity index (χ4n) is 3.14. The van der Waals surface area contributed by atoms with Gasteiger partial charge in [-0.1, -0.05) is 0 Å². The normalized spacial score (nSPS) is 11.7. The number of nitro groups is 1. The van der Waals surface area contributed by atoms with Crippen LogP contribution in [0.5, 0.6) is 0 Å². The Morgan fingerprint density at radius 2 is 1.90 bits per heavy atom. The Labute approximate surface area is 169 Å². The van der Waals surface area contributed by atoms with Crippen LogP contribution in [-0.2, 0) is 4.74 Å². The lowest BCUT2D eigenvalue weighted by molar-refractivity contribution is -0.389. The van der Waals surface area contributed by atoms with E-state index in [1.165, 1.54) is 16.8 Å². The standard InChI is InChI=1S/C20H16FN5O4/c1-20(2,3)30-19(27)25-15-8-9-22-10-13(15)11-4-6-14(23-17(11)25)12-5-7-16(21)24-18(12)26(28)29/h4-10H,1-3H3. The molecule has 0 radical (unpaired) electrons. The van der Waals surface area contributed by atoms with E-state index in [0.717, 1.165) is 6.07 Å². The molecular formula is C20H16FN5O4. The zero-order valence-electron chi connectivity index (χ0n) is 16.3. The summed E-state index contributed by atoms with van der Waals surface area (Å²) in [4.78, 5) is 35.4. The minimum Gasteiger partial charge on any atom is -0.443 e. The van der Waals surface area contributed by atoms with Gasteiger partial charge in [-0.3, -0.25) is 4.98 Å². The lowest BCUT2D eigenvalue weighted by Gasteiger charge is -2.20. The molecule has 0 spiro atoms. The first-order valence-corrected chi connectivity index (χ1v) is 8.95. The maximum atomic E-state index is 13.4. The molecule has 0 aliphatic rings. The number of nitrogens with zero attached hydrogens (tertiary/aromatic N) is 5. The number of carbonyl (C=O) groups is 1. The van der Waals surface area contributed by atoms with Gasteiger partial charge in [0.2, 0.25) is 0 Å². The monoisotopic (exact) mass is 409 g/mol. The second kappa shape index (κ2) is 6.83. The third-order valence-electron chi connectivity index (χ3n) is 4.28. The summed E-state index contributed by atoms with van der Waals surface area (Å²) < 4.78 is 20.2. The van der Waals surface area contributed by atoms with Crippen LogP contribution in [0, 0.1) is 16.1 Å². The largest absolute Gasteiger partial charge is 0.443 e. The summed E-state index contributed by atoms with van der Waals surface area (Å²) in [5, 5.41) is 12.6. The number of hydrogen-bond donors (Lipinski definition) is 0. The Balaban J connectivity index is 2.00. The van der Waals surface area contributed by atoms with Crippen LogP contribution < -0.4 is 0 Å². The fraction of sp³-hybridized carbons (Fsp3) is 0.200. The highest BCUT2D eigenvalue weighted by Crippen LogP contribution is 2.32. The Bertz CT molecular complexity index is 1330. The molecule has 4 rings (SSSR count). The summed E-state index contributed by atoms with van der Waals surface area (Å²) >= 11 is 0. The maximum absolute atomic E-state index is 13.4. The van der Waals surface area contributed by atoms with Gasteiger partial charge < -0.3 is 14.9 Å². The zero-order valence-corrected chi connectivity index (χ0v) is 16.3. The molecule has 0 N–H and O–H groups in total. The van der Waals surface area contributed by atoms with Crippen molar-refractivity contribution in [3.63, 3.8) is 0 Å². The van der Waals surface area contributed by atoms with Crippen molar-refractivity contribution in [3.05, 3.63) is 58.8 Å². The first-order valence-electron chi connectivity index (χ1n) is 8.95. The van der Waals surface area contributed by atoms with Crippen molar-refractivity contribution in [1.82, 2.24) is 19.5 Å². The zero-order chi connectivity index (χ0) is 21.6. The summed E-state index contributed by atoms with van der Waals surface area (Å²) in [6.07, 6.45) is 2.49. The molecule has 9 nitrogen and oxygen atoms in total. The van der Waals surface area contributed by atoms with Crippen LogP contribution in [0.3, 0.4) is 0 Å². The molecule has 0 aromatic carbocycles. The van der Waals surface area contributed by atoms with Gasteiger partial charge in [0, 0.05) is 29.2 Å². The number of halogens is 1. The van der Waals surface area contributed by atoms with E-state index in [2.05, 4.69) is 15.0 Å². The van der Waals surface area contributed by atoms with Crippen LogP contribution >= 0.6 is 0 Å². The Kier molecular flexibility index (Phi) is 4.41. The quantitative estimate of drug-likeness (QED) is 0.272. The van der Waals surface area contributed by atoms with Crippen LogP contribution in [0.25, 0.3) is 33.2 Å². The molecule has 0 saturated carbocycles. The van der Waals surface area contributed by atoms with E-state index < -0.39 is 28.4 Å². The number of pyridine rings is 3. The van der Waals surface area contributed by atoms with E-state index in [0.29, 0.717) is 16.3 Å². The number of carbonyl (C=O) groups excluding carboxylic acids is 1. The minimum atomic E-state index is -0.972. The number of aromatic nitrogens is 4. The van der Waals surface area contributed by atoms with Crippen LogP contribution in [-0.4, -0.2) is 36.1 Å². The van der Waals surface area contributed by atoms with Gasteiger partial charge in [0.05, 0.1) is 16.8 Å². The van der Waals surface area contributed by atoms with E-state index in [1.807, 2.05) is 0 Å². The topological polar surface area (TPSA) is 113 Å². The highest BCUT2D eigenvalue weighted by atomic mass is 19.1. The van der Waals surface area contributed by atoms with Crippen molar-refractivity contribution in [2.24, 2.45) is 0 Å². The molecule has 0 fully saturated rings. The highest BCUT2D eigenvalue weighted by molar-refractivity contribution is 6.11. The van der Waals surface area contributed by atoms with Crippen molar-refractivity contribution in [1.29, 1.82) is 0 Å². The van der Waals surface area contributed by atoms with E-state index >= 15 is 0 Å². The third kappa shape index (κ3) is 3.32. The number of ether oxygens (including phenoxy) is 1. The van der Waals surface area contributed by atoms with E-state index in [9.17, 15) is 19.3 Å². The van der Waals surface area contributed by atoms with Crippen molar-refractivity contribution < 1.29 is 18.8 Å². The van der Waals surface area contributed by atoms with Crippen LogP contribution in [0.2, 0.25) is 0 Å². The predicted octanol–water partition coefficient (Wildman–Crippen LogP) is 4.48. The Hall–Kier alpha value is -3.95. The molecule has 0 unspecified atom stereocenters. The second-order valence-electron chi connectivity index (χ2n) is 7.54. The molecule has 10 heteroatoms. The van der Waals surface area contributed by atoms with E-state index in [-0.39, 0.29) is 16.9 Å².